The Morgan fingerprint density at radius 3 is 2.63 bits per heavy atom. The number of benzene rings is 1. The molecule has 8 heteroatoms. The molecule has 1 aromatic rings. The van der Waals surface area contributed by atoms with E-state index < -0.39 is 0 Å². The van der Waals surface area contributed by atoms with Gasteiger partial charge in [-0.05, 0) is 43.4 Å². The summed E-state index contributed by atoms with van der Waals surface area (Å²) in [7, 11) is 3.42. The fourth-order valence-corrected chi connectivity index (χ4v) is 2.62. The molecular weight excluding hydrogens is 462 g/mol. The van der Waals surface area contributed by atoms with Gasteiger partial charge < -0.3 is 20.3 Å². The molecule has 1 heterocycles. The highest BCUT2D eigenvalue weighted by Gasteiger charge is 2.14. The quantitative estimate of drug-likeness (QED) is 0.348. The summed E-state index contributed by atoms with van der Waals surface area (Å²) in [6.07, 6.45) is 4.24. The minimum absolute atomic E-state index is 0. The second-order valence-corrected chi connectivity index (χ2v) is 6.63. The van der Waals surface area contributed by atoms with Crippen LogP contribution in [0.15, 0.2) is 29.3 Å². The lowest BCUT2D eigenvalue weighted by molar-refractivity contribution is -0.127. The Morgan fingerprint density at radius 2 is 2.00 bits per heavy atom. The fraction of sp³-hybridized carbons (Fsp3) is 0.579. The third-order valence-corrected chi connectivity index (χ3v) is 4.26. The SMILES string of the molecule is CN(C)C(=O)CN=C(NCCc1ccc(F)cc1)NCC1CCCCO1.I. The second-order valence-electron chi connectivity index (χ2n) is 6.63. The maximum atomic E-state index is 13.0. The maximum absolute atomic E-state index is 13.0. The van der Waals surface area contributed by atoms with Crippen molar-refractivity contribution in [3.63, 3.8) is 0 Å². The van der Waals surface area contributed by atoms with Crippen LogP contribution in [-0.2, 0) is 16.0 Å². The standard InChI is InChI=1S/C19H29FN4O2.HI/c1-24(2)18(25)14-23-19(22-13-17-5-3-4-12-26-17)21-11-10-15-6-8-16(20)9-7-15;/h6-9,17H,3-5,10-14H2,1-2H3,(H2,21,22,23);1H. The van der Waals surface area contributed by atoms with Gasteiger partial charge in [-0.25, -0.2) is 9.38 Å². The van der Waals surface area contributed by atoms with Crippen molar-refractivity contribution in [3.8, 4) is 0 Å². The Kier molecular flexibility index (Phi) is 11.3. The third-order valence-electron chi connectivity index (χ3n) is 4.26. The Hall–Kier alpha value is -1.42. The molecule has 0 spiro atoms. The number of rotatable bonds is 7. The number of hydrogen-bond acceptors (Lipinski definition) is 3. The lowest BCUT2D eigenvalue weighted by Gasteiger charge is -2.24. The summed E-state index contributed by atoms with van der Waals surface area (Å²) in [5.74, 6) is 0.301. The van der Waals surface area contributed by atoms with Gasteiger partial charge in [-0.15, -0.1) is 24.0 Å². The van der Waals surface area contributed by atoms with Gasteiger partial charge in [0.15, 0.2) is 5.96 Å². The van der Waals surface area contributed by atoms with E-state index in [1.807, 2.05) is 0 Å². The van der Waals surface area contributed by atoms with Crippen LogP contribution >= 0.6 is 24.0 Å². The monoisotopic (exact) mass is 492 g/mol. The molecule has 1 amide bonds. The number of nitrogens with zero attached hydrogens (tertiary/aromatic N) is 2. The Bertz CT molecular complexity index is 590. The van der Waals surface area contributed by atoms with E-state index >= 15 is 0 Å². The molecule has 0 bridgehead atoms. The zero-order valence-electron chi connectivity index (χ0n) is 16.0. The topological polar surface area (TPSA) is 66.0 Å². The van der Waals surface area contributed by atoms with Gasteiger partial charge in [0, 0.05) is 33.8 Å². The van der Waals surface area contributed by atoms with Gasteiger partial charge in [-0.1, -0.05) is 12.1 Å². The molecule has 1 fully saturated rings. The minimum Gasteiger partial charge on any atom is -0.376 e. The number of hydrogen-bond donors (Lipinski definition) is 2. The molecule has 2 rings (SSSR count). The zero-order chi connectivity index (χ0) is 18.8. The summed E-state index contributed by atoms with van der Waals surface area (Å²) in [4.78, 5) is 17.7. The largest absolute Gasteiger partial charge is 0.376 e. The van der Waals surface area contributed by atoms with Crippen molar-refractivity contribution >= 4 is 35.8 Å². The van der Waals surface area contributed by atoms with Crippen LogP contribution in [0.1, 0.15) is 24.8 Å². The van der Waals surface area contributed by atoms with Crippen molar-refractivity contribution in [1.82, 2.24) is 15.5 Å². The molecule has 1 aromatic carbocycles. The van der Waals surface area contributed by atoms with Gasteiger partial charge in [0.25, 0.3) is 0 Å². The fourth-order valence-electron chi connectivity index (χ4n) is 2.62. The summed E-state index contributed by atoms with van der Waals surface area (Å²) in [5, 5.41) is 6.50. The lowest BCUT2D eigenvalue weighted by atomic mass is 10.1. The molecule has 6 nitrogen and oxygen atoms in total. The van der Waals surface area contributed by atoms with Gasteiger partial charge in [-0.2, -0.15) is 0 Å². The van der Waals surface area contributed by atoms with Gasteiger partial charge in [-0.3, -0.25) is 4.79 Å². The number of nitrogens with one attached hydrogen (secondary N) is 2. The van der Waals surface area contributed by atoms with Crippen molar-refractivity contribution in [2.45, 2.75) is 31.8 Å². The van der Waals surface area contributed by atoms with E-state index in [1.165, 1.54) is 23.5 Å². The molecule has 1 unspecified atom stereocenters. The predicted molar refractivity (Wildman–Crippen MR) is 116 cm³/mol. The number of aliphatic imine (C=N–C) groups is 1. The molecule has 1 atom stereocenters. The van der Waals surface area contributed by atoms with Crippen LogP contribution in [0.2, 0.25) is 0 Å². The average Bonchev–Trinajstić information content (AvgIpc) is 2.65. The number of carbonyl (C=O) groups is 1. The first-order valence-electron chi connectivity index (χ1n) is 9.13. The summed E-state index contributed by atoms with van der Waals surface area (Å²) < 4.78 is 18.7. The molecule has 0 saturated carbocycles. The molecule has 1 saturated heterocycles. The van der Waals surface area contributed by atoms with Gasteiger partial charge in [0.2, 0.25) is 5.91 Å². The number of guanidine groups is 1. The molecule has 27 heavy (non-hydrogen) atoms. The molecule has 2 N–H and O–H groups in total. The van der Waals surface area contributed by atoms with E-state index in [2.05, 4.69) is 15.6 Å². The predicted octanol–water partition coefficient (Wildman–Crippen LogP) is 2.18. The maximum Gasteiger partial charge on any atom is 0.243 e. The van der Waals surface area contributed by atoms with Crippen molar-refractivity contribution in [1.29, 1.82) is 0 Å². The van der Waals surface area contributed by atoms with Crippen LogP contribution in [0.5, 0.6) is 0 Å². The number of ether oxygens (including phenoxy) is 1. The van der Waals surface area contributed by atoms with E-state index in [1.54, 1.807) is 26.2 Å². The minimum atomic E-state index is -0.236. The lowest BCUT2D eigenvalue weighted by Crippen LogP contribution is -2.43. The molecule has 0 radical (unpaired) electrons. The van der Waals surface area contributed by atoms with Crippen LogP contribution in [0.4, 0.5) is 4.39 Å². The number of carbonyl (C=O) groups excluding carboxylic acids is 1. The summed E-state index contributed by atoms with van der Waals surface area (Å²) in [6, 6.07) is 6.46. The van der Waals surface area contributed by atoms with Crippen molar-refractivity contribution in [2.24, 2.45) is 4.99 Å². The Labute approximate surface area is 178 Å². The highest BCUT2D eigenvalue weighted by atomic mass is 127. The summed E-state index contributed by atoms with van der Waals surface area (Å²) >= 11 is 0. The van der Waals surface area contributed by atoms with Gasteiger partial charge in [0.1, 0.15) is 12.4 Å². The molecule has 0 aromatic heterocycles. The van der Waals surface area contributed by atoms with Crippen LogP contribution in [0.25, 0.3) is 0 Å². The number of likely N-dealkylation sites (N-methyl/N-ethyl adjacent to an activating group) is 1. The number of amides is 1. The van der Waals surface area contributed by atoms with E-state index in [4.69, 9.17) is 4.74 Å². The van der Waals surface area contributed by atoms with Crippen LogP contribution in [0, 0.1) is 5.82 Å². The van der Waals surface area contributed by atoms with Gasteiger partial charge in [0.05, 0.1) is 6.10 Å². The molecule has 152 valence electrons. The third kappa shape index (κ3) is 9.37. The van der Waals surface area contributed by atoms with Crippen LogP contribution < -0.4 is 10.6 Å². The Balaban J connectivity index is 0.00000364. The number of halogens is 2. The van der Waals surface area contributed by atoms with Crippen molar-refractivity contribution in [2.75, 3.05) is 40.3 Å². The molecule has 1 aliphatic heterocycles. The first-order valence-corrected chi connectivity index (χ1v) is 9.13. The van der Waals surface area contributed by atoms with E-state index in [0.717, 1.165) is 31.4 Å². The first-order chi connectivity index (χ1) is 12.5. The first kappa shape index (κ1) is 23.6. The summed E-state index contributed by atoms with van der Waals surface area (Å²) in [5.41, 5.74) is 1.04. The van der Waals surface area contributed by atoms with Crippen molar-refractivity contribution in [3.05, 3.63) is 35.6 Å². The molecule has 0 aliphatic carbocycles. The zero-order valence-corrected chi connectivity index (χ0v) is 18.4. The Morgan fingerprint density at radius 1 is 1.26 bits per heavy atom. The van der Waals surface area contributed by atoms with Gasteiger partial charge >= 0.3 is 0 Å². The normalized spacial score (nSPS) is 17.0. The van der Waals surface area contributed by atoms with E-state index in [9.17, 15) is 9.18 Å². The smallest absolute Gasteiger partial charge is 0.243 e. The van der Waals surface area contributed by atoms with Crippen LogP contribution in [0.3, 0.4) is 0 Å². The van der Waals surface area contributed by atoms with E-state index in [-0.39, 0.29) is 48.3 Å². The molecule has 1 aliphatic rings. The average molecular weight is 492 g/mol. The van der Waals surface area contributed by atoms with Crippen LogP contribution in [-0.4, -0.2) is 63.2 Å². The summed E-state index contributed by atoms with van der Waals surface area (Å²) in [6.45, 7) is 2.19. The molecular formula is C19H30FIN4O2. The highest BCUT2D eigenvalue weighted by molar-refractivity contribution is 14.0. The second kappa shape index (κ2) is 12.9. The van der Waals surface area contributed by atoms with E-state index in [0.29, 0.717) is 19.0 Å². The van der Waals surface area contributed by atoms with Crippen molar-refractivity contribution < 1.29 is 13.9 Å². The highest BCUT2D eigenvalue weighted by Crippen LogP contribution is 2.11.